The van der Waals surface area contributed by atoms with Crippen LogP contribution in [0.5, 0.6) is 5.75 Å². The van der Waals surface area contributed by atoms with Crippen LogP contribution in [0, 0.1) is 11.6 Å². The molecule has 0 aliphatic heterocycles. The second-order valence-corrected chi connectivity index (χ2v) is 6.83. The third-order valence-corrected chi connectivity index (χ3v) is 4.74. The third-order valence-electron chi connectivity index (χ3n) is 4.11. The number of methoxy groups -OCH3 is 1. The van der Waals surface area contributed by atoms with Crippen molar-refractivity contribution in [3.8, 4) is 5.75 Å². The summed E-state index contributed by atoms with van der Waals surface area (Å²) in [5, 5.41) is 4.75. The van der Waals surface area contributed by atoms with E-state index in [1.807, 2.05) is 0 Å². The zero-order chi connectivity index (χ0) is 21.8. The number of hydrogen-bond acceptors (Lipinski definition) is 3. The van der Waals surface area contributed by atoms with E-state index in [2.05, 4.69) is 10.6 Å². The van der Waals surface area contributed by atoms with Crippen molar-refractivity contribution in [2.24, 2.45) is 0 Å². The van der Waals surface area contributed by atoms with Gasteiger partial charge in [-0.15, -0.1) is 0 Å². The van der Waals surface area contributed by atoms with Crippen molar-refractivity contribution in [2.75, 3.05) is 17.7 Å². The van der Waals surface area contributed by atoms with Crippen molar-refractivity contribution in [3.05, 3.63) is 87.4 Å². The molecule has 3 aromatic carbocycles. The molecule has 3 rings (SSSR count). The van der Waals surface area contributed by atoms with Crippen molar-refractivity contribution in [2.45, 2.75) is 0 Å². The smallest absolute Gasteiger partial charge is 0.259 e. The van der Waals surface area contributed by atoms with Crippen molar-refractivity contribution in [3.63, 3.8) is 0 Å². The largest absolute Gasteiger partial charge is 0.496 e. The van der Waals surface area contributed by atoms with Crippen LogP contribution in [0.3, 0.4) is 0 Å². The monoisotopic (exact) mass is 450 g/mol. The van der Waals surface area contributed by atoms with Gasteiger partial charge in [0.2, 0.25) is 0 Å². The quantitative estimate of drug-likeness (QED) is 0.517. The summed E-state index contributed by atoms with van der Waals surface area (Å²) in [6, 6.07) is 11.9. The van der Waals surface area contributed by atoms with Crippen LogP contribution in [0.1, 0.15) is 20.7 Å². The average Bonchev–Trinajstić information content (AvgIpc) is 2.72. The molecule has 2 N–H and O–H groups in total. The summed E-state index contributed by atoms with van der Waals surface area (Å²) in [6.07, 6.45) is 0. The summed E-state index contributed by atoms with van der Waals surface area (Å²) < 4.78 is 33.1. The number of rotatable bonds is 5. The number of halogens is 4. The standard InChI is InChI=1S/C21H14Cl2F2N2O3/c1-30-17-9-8-11(20(28)26-18-13(22)4-2-6-15(18)24)10-12(17)21(29)27-19-14(23)5-3-7-16(19)25/h2-10H,1H3,(H,26,28)(H,27,29). The normalized spacial score (nSPS) is 10.4. The molecule has 30 heavy (non-hydrogen) atoms. The first kappa shape index (κ1) is 21.5. The second kappa shape index (κ2) is 9.11. The molecule has 0 heterocycles. The number of carbonyl (C=O) groups excluding carboxylic acids is 2. The predicted octanol–water partition coefficient (Wildman–Crippen LogP) is 5.78. The SMILES string of the molecule is COc1ccc(C(=O)Nc2c(F)cccc2Cl)cc1C(=O)Nc1c(F)cccc1Cl. The lowest BCUT2D eigenvalue weighted by molar-refractivity contribution is 0.102. The maximum atomic E-state index is 14.0. The molecule has 0 bridgehead atoms. The molecule has 0 aliphatic rings. The number of benzene rings is 3. The molecule has 2 amide bonds. The Morgan fingerprint density at radius 1 is 0.833 bits per heavy atom. The van der Waals surface area contributed by atoms with E-state index in [-0.39, 0.29) is 38.3 Å². The highest BCUT2D eigenvalue weighted by Crippen LogP contribution is 2.28. The molecule has 0 unspecified atom stereocenters. The zero-order valence-corrected chi connectivity index (χ0v) is 16.9. The lowest BCUT2D eigenvalue weighted by Crippen LogP contribution is -2.18. The first-order chi connectivity index (χ1) is 14.3. The fraction of sp³-hybridized carbons (Fsp3) is 0.0476. The number of ether oxygens (including phenoxy) is 1. The van der Waals surface area contributed by atoms with Crippen LogP contribution in [0.15, 0.2) is 54.6 Å². The van der Waals surface area contributed by atoms with E-state index in [1.165, 1.54) is 49.6 Å². The lowest BCUT2D eigenvalue weighted by Gasteiger charge is -2.13. The summed E-state index contributed by atoms with van der Waals surface area (Å²) in [7, 11) is 1.33. The van der Waals surface area contributed by atoms with Gasteiger partial charge in [-0.25, -0.2) is 8.78 Å². The van der Waals surface area contributed by atoms with Gasteiger partial charge in [0.1, 0.15) is 17.4 Å². The van der Waals surface area contributed by atoms with E-state index >= 15 is 0 Å². The van der Waals surface area contributed by atoms with E-state index in [4.69, 9.17) is 27.9 Å². The predicted molar refractivity (Wildman–Crippen MR) is 112 cm³/mol. The van der Waals surface area contributed by atoms with Gasteiger partial charge >= 0.3 is 0 Å². The molecule has 0 atom stereocenters. The molecular formula is C21H14Cl2F2N2O3. The van der Waals surface area contributed by atoms with Crippen LogP contribution in [-0.4, -0.2) is 18.9 Å². The van der Waals surface area contributed by atoms with Gasteiger partial charge < -0.3 is 15.4 Å². The van der Waals surface area contributed by atoms with E-state index < -0.39 is 23.4 Å². The molecule has 5 nitrogen and oxygen atoms in total. The molecule has 0 fully saturated rings. The number of hydrogen-bond donors (Lipinski definition) is 2. The summed E-state index contributed by atoms with van der Waals surface area (Å²) in [4.78, 5) is 25.3. The number of anilines is 2. The summed E-state index contributed by atoms with van der Waals surface area (Å²) in [5.41, 5.74) is -0.424. The first-order valence-electron chi connectivity index (χ1n) is 8.50. The third kappa shape index (κ3) is 4.53. The van der Waals surface area contributed by atoms with Crippen LogP contribution in [0.25, 0.3) is 0 Å². The van der Waals surface area contributed by atoms with Crippen LogP contribution in [-0.2, 0) is 0 Å². The average molecular weight is 451 g/mol. The number of amides is 2. The van der Waals surface area contributed by atoms with E-state index in [0.29, 0.717) is 0 Å². The molecule has 0 radical (unpaired) electrons. The van der Waals surface area contributed by atoms with E-state index in [9.17, 15) is 18.4 Å². The van der Waals surface area contributed by atoms with Gasteiger partial charge in [0.05, 0.1) is 34.1 Å². The summed E-state index contributed by atoms with van der Waals surface area (Å²) in [6.45, 7) is 0. The Morgan fingerprint density at radius 3 is 1.87 bits per heavy atom. The van der Waals surface area contributed by atoms with Gasteiger partial charge in [0.25, 0.3) is 11.8 Å². The Balaban J connectivity index is 1.91. The van der Waals surface area contributed by atoms with Crippen LogP contribution in [0.4, 0.5) is 20.2 Å². The minimum Gasteiger partial charge on any atom is -0.496 e. The minimum atomic E-state index is -0.752. The van der Waals surface area contributed by atoms with E-state index in [0.717, 1.165) is 12.1 Å². The Morgan fingerprint density at radius 2 is 1.37 bits per heavy atom. The van der Waals surface area contributed by atoms with Crippen LogP contribution >= 0.6 is 23.2 Å². The van der Waals surface area contributed by atoms with E-state index in [1.54, 1.807) is 0 Å². The molecular weight excluding hydrogens is 437 g/mol. The number of para-hydroxylation sites is 2. The Hall–Kier alpha value is -3.16. The van der Waals surface area contributed by atoms with Gasteiger partial charge in [-0.1, -0.05) is 35.3 Å². The minimum absolute atomic E-state index is 0.00501. The first-order valence-corrected chi connectivity index (χ1v) is 9.26. The zero-order valence-electron chi connectivity index (χ0n) is 15.4. The Kier molecular flexibility index (Phi) is 6.54. The van der Waals surface area contributed by atoms with Crippen LogP contribution in [0.2, 0.25) is 10.0 Å². The van der Waals surface area contributed by atoms with Gasteiger partial charge in [-0.2, -0.15) is 0 Å². The Bertz CT molecular complexity index is 1100. The summed E-state index contributed by atoms with van der Waals surface area (Å²) >= 11 is 11.9. The topological polar surface area (TPSA) is 67.4 Å². The fourth-order valence-electron chi connectivity index (χ4n) is 2.63. The maximum absolute atomic E-state index is 14.0. The van der Waals surface area contributed by atoms with Crippen molar-refractivity contribution < 1.29 is 23.1 Å². The maximum Gasteiger partial charge on any atom is 0.259 e. The molecule has 0 saturated heterocycles. The lowest BCUT2D eigenvalue weighted by atomic mass is 10.1. The molecule has 0 saturated carbocycles. The van der Waals surface area contributed by atoms with Crippen LogP contribution < -0.4 is 15.4 Å². The molecule has 9 heteroatoms. The van der Waals surface area contributed by atoms with Gasteiger partial charge in [0, 0.05) is 5.56 Å². The number of nitrogens with one attached hydrogen (secondary N) is 2. The van der Waals surface area contributed by atoms with Gasteiger partial charge in [-0.3, -0.25) is 9.59 Å². The molecule has 154 valence electrons. The highest BCUT2D eigenvalue weighted by molar-refractivity contribution is 6.34. The molecule has 0 aromatic heterocycles. The fourth-order valence-corrected chi connectivity index (χ4v) is 3.05. The number of carbonyl (C=O) groups is 2. The molecule has 0 spiro atoms. The van der Waals surface area contributed by atoms with Crippen molar-refractivity contribution in [1.29, 1.82) is 0 Å². The van der Waals surface area contributed by atoms with Gasteiger partial charge in [0.15, 0.2) is 0 Å². The van der Waals surface area contributed by atoms with Crippen molar-refractivity contribution in [1.82, 2.24) is 0 Å². The molecule has 0 aliphatic carbocycles. The highest BCUT2D eigenvalue weighted by Gasteiger charge is 2.20. The van der Waals surface area contributed by atoms with Crippen molar-refractivity contribution >= 4 is 46.4 Å². The molecule has 3 aromatic rings. The van der Waals surface area contributed by atoms with Gasteiger partial charge in [-0.05, 0) is 42.5 Å². The summed E-state index contributed by atoms with van der Waals surface area (Å²) in [5.74, 6) is -2.75. The second-order valence-electron chi connectivity index (χ2n) is 6.02. The Labute approximate surface area is 180 Å². The highest BCUT2D eigenvalue weighted by atomic mass is 35.5.